The second kappa shape index (κ2) is 3.07. The lowest BCUT2D eigenvalue weighted by atomic mass is 9.97. The monoisotopic (exact) mass is 227 g/mol. The van der Waals surface area contributed by atoms with E-state index < -0.39 is 0 Å². The van der Waals surface area contributed by atoms with E-state index in [4.69, 9.17) is 10.5 Å². The maximum absolute atomic E-state index is 5.71. The summed E-state index contributed by atoms with van der Waals surface area (Å²) in [6, 6.07) is 6.02. The maximum atomic E-state index is 5.71. The minimum Gasteiger partial charge on any atom is -0.399 e. The van der Waals surface area contributed by atoms with Gasteiger partial charge in [-0.3, -0.25) is 0 Å². The van der Waals surface area contributed by atoms with Crippen LogP contribution >= 0.6 is 15.9 Å². The summed E-state index contributed by atoms with van der Waals surface area (Å²) in [7, 11) is 0. The molecule has 0 unspecified atom stereocenters. The first-order valence-electron chi connectivity index (χ1n) is 3.89. The van der Waals surface area contributed by atoms with Crippen molar-refractivity contribution in [1.29, 1.82) is 0 Å². The summed E-state index contributed by atoms with van der Waals surface area (Å²) < 4.78 is 6.16. The van der Waals surface area contributed by atoms with E-state index in [1.807, 2.05) is 12.1 Å². The number of ether oxygens (including phenoxy) is 1. The Hall–Kier alpha value is -0.540. The van der Waals surface area contributed by atoms with E-state index in [2.05, 4.69) is 22.0 Å². The minimum atomic E-state index is 0.546. The van der Waals surface area contributed by atoms with Crippen LogP contribution in [0, 0.1) is 0 Å². The maximum Gasteiger partial charge on any atom is 0.0557 e. The quantitative estimate of drug-likeness (QED) is 0.747. The Balaban J connectivity index is 2.30. The predicted octanol–water partition coefficient (Wildman–Crippen LogP) is 2.15. The Morgan fingerprint density at radius 2 is 2.08 bits per heavy atom. The van der Waals surface area contributed by atoms with Gasteiger partial charge in [-0.15, -0.1) is 0 Å². The van der Waals surface area contributed by atoms with E-state index in [-0.39, 0.29) is 0 Å². The Bertz CT molecular complexity index is 276. The summed E-state index contributed by atoms with van der Waals surface area (Å²) in [4.78, 5) is 0. The van der Waals surface area contributed by atoms with Crippen LogP contribution in [-0.4, -0.2) is 13.2 Å². The number of nitrogen functional groups attached to an aromatic ring is 1. The zero-order valence-corrected chi connectivity index (χ0v) is 8.17. The highest BCUT2D eigenvalue weighted by Crippen LogP contribution is 2.28. The largest absolute Gasteiger partial charge is 0.399 e. The molecular formula is C9H10BrNO. The van der Waals surface area contributed by atoms with Crippen LogP contribution in [0.1, 0.15) is 11.5 Å². The molecule has 0 spiro atoms. The smallest absolute Gasteiger partial charge is 0.0557 e. The van der Waals surface area contributed by atoms with Crippen molar-refractivity contribution in [2.24, 2.45) is 0 Å². The van der Waals surface area contributed by atoms with Gasteiger partial charge < -0.3 is 10.5 Å². The van der Waals surface area contributed by atoms with Gasteiger partial charge in [0.05, 0.1) is 13.2 Å². The lowest BCUT2D eigenvalue weighted by Gasteiger charge is -2.26. The lowest BCUT2D eigenvalue weighted by molar-refractivity contribution is 0.00843. The molecule has 0 bridgehead atoms. The predicted molar refractivity (Wildman–Crippen MR) is 52.1 cm³/mol. The number of halogens is 1. The van der Waals surface area contributed by atoms with E-state index in [1.54, 1.807) is 0 Å². The van der Waals surface area contributed by atoms with Gasteiger partial charge in [-0.25, -0.2) is 0 Å². The van der Waals surface area contributed by atoms with Gasteiger partial charge in [0.15, 0.2) is 0 Å². The van der Waals surface area contributed by atoms with Crippen LogP contribution in [-0.2, 0) is 4.74 Å². The first kappa shape index (κ1) is 8.08. The molecule has 0 aliphatic carbocycles. The molecular weight excluding hydrogens is 218 g/mol. The van der Waals surface area contributed by atoms with Crippen molar-refractivity contribution < 1.29 is 4.74 Å². The molecule has 3 heteroatoms. The van der Waals surface area contributed by atoms with Gasteiger partial charge in [0.1, 0.15) is 0 Å². The normalized spacial score (nSPS) is 17.4. The Labute approximate surface area is 79.8 Å². The average molecular weight is 228 g/mol. The third-order valence-electron chi connectivity index (χ3n) is 2.05. The first-order chi connectivity index (χ1) is 5.75. The highest BCUT2D eigenvalue weighted by molar-refractivity contribution is 9.10. The molecule has 0 aromatic heterocycles. The topological polar surface area (TPSA) is 35.2 Å². The Kier molecular flexibility index (Phi) is 2.07. The highest BCUT2D eigenvalue weighted by atomic mass is 79.9. The van der Waals surface area contributed by atoms with E-state index in [9.17, 15) is 0 Å². The molecule has 0 amide bonds. The molecule has 1 aromatic rings. The Morgan fingerprint density at radius 1 is 1.33 bits per heavy atom. The number of anilines is 1. The molecule has 64 valence electrons. The molecule has 12 heavy (non-hydrogen) atoms. The van der Waals surface area contributed by atoms with Crippen molar-refractivity contribution in [3.05, 3.63) is 28.2 Å². The lowest BCUT2D eigenvalue weighted by Crippen LogP contribution is -2.25. The molecule has 2 rings (SSSR count). The van der Waals surface area contributed by atoms with E-state index in [1.165, 1.54) is 5.56 Å². The molecule has 0 saturated carbocycles. The number of hydrogen-bond acceptors (Lipinski definition) is 2. The number of nitrogens with two attached hydrogens (primary N) is 1. The van der Waals surface area contributed by atoms with Gasteiger partial charge in [0, 0.05) is 16.1 Å². The van der Waals surface area contributed by atoms with E-state index >= 15 is 0 Å². The molecule has 1 aliphatic rings. The van der Waals surface area contributed by atoms with Gasteiger partial charge >= 0.3 is 0 Å². The zero-order chi connectivity index (χ0) is 8.55. The van der Waals surface area contributed by atoms with Crippen LogP contribution in [0.15, 0.2) is 22.7 Å². The average Bonchev–Trinajstić information content (AvgIpc) is 1.79. The fourth-order valence-corrected chi connectivity index (χ4v) is 1.83. The van der Waals surface area contributed by atoms with Gasteiger partial charge in [0.2, 0.25) is 0 Å². The first-order valence-corrected chi connectivity index (χ1v) is 4.69. The fourth-order valence-electron chi connectivity index (χ4n) is 1.30. The van der Waals surface area contributed by atoms with Crippen LogP contribution in [0.4, 0.5) is 5.69 Å². The van der Waals surface area contributed by atoms with Crippen molar-refractivity contribution in [3.8, 4) is 0 Å². The molecule has 0 atom stereocenters. The van der Waals surface area contributed by atoms with Crippen LogP contribution in [0.2, 0.25) is 0 Å². The van der Waals surface area contributed by atoms with Crippen molar-refractivity contribution >= 4 is 21.6 Å². The molecule has 1 aliphatic heterocycles. The van der Waals surface area contributed by atoms with Crippen LogP contribution in [0.3, 0.4) is 0 Å². The highest BCUT2D eigenvalue weighted by Gasteiger charge is 2.20. The minimum absolute atomic E-state index is 0.546. The number of hydrogen-bond donors (Lipinski definition) is 1. The molecule has 2 N–H and O–H groups in total. The van der Waals surface area contributed by atoms with E-state index in [0.29, 0.717) is 5.92 Å². The summed E-state index contributed by atoms with van der Waals surface area (Å²) in [5.41, 5.74) is 7.79. The summed E-state index contributed by atoms with van der Waals surface area (Å²) in [5, 5.41) is 0. The molecule has 1 heterocycles. The SMILES string of the molecule is Nc1cc(Br)cc(C2COC2)c1. The second-order valence-corrected chi connectivity index (χ2v) is 3.97. The van der Waals surface area contributed by atoms with Crippen molar-refractivity contribution in [2.75, 3.05) is 18.9 Å². The third kappa shape index (κ3) is 1.47. The number of benzene rings is 1. The second-order valence-electron chi connectivity index (χ2n) is 3.05. The van der Waals surface area contributed by atoms with Gasteiger partial charge in [-0.05, 0) is 23.8 Å². The molecule has 2 nitrogen and oxygen atoms in total. The molecule has 0 radical (unpaired) electrons. The van der Waals surface area contributed by atoms with Crippen molar-refractivity contribution in [1.82, 2.24) is 0 Å². The summed E-state index contributed by atoms with van der Waals surface area (Å²) in [6.45, 7) is 1.66. The Morgan fingerprint density at radius 3 is 2.58 bits per heavy atom. The van der Waals surface area contributed by atoms with Crippen molar-refractivity contribution in [2.45, 2.75) is 5.92 Å². The zero-order valence-electron chi connectivity index (χ0n) is 6.59. The molecule has 1 aromatic carbocycles. The van der Waals surface area contributed by atoms with E-state index in [0.717, 1.165) is 23.4 Å². The third-order valence-corrected chi connectivity index (χ3v) is 2.51. The fraction of sp³-hybridized carbons (Fsp3) is 0.333. The van der Waals surface area contributed by atoms with Crippen LogP contribution < -0.4 is 5.73 Å². The van der Waals surface area contributed by atoms with Gasteiger partial charge in [-0.2, -0.15) is 0 Å². The van der Waals surface area contributed by atoms with Crippen LogP contribution in [0.5, 0.6) is 0 Å². The summed E-state index contributed by atoms with van der Waals surface area (Å²) >= 11 is 3.41. The van der Waals surface area contributed by atoms with Gasteiger partial charge in [-0.1, -0.05) is 15.9 Å². The molecule has 1 fully saturated rings. The van der Waals surface area contributed by atoms with Crippen LogP contribution in [0.25, 0.3) is 0 Å². The molecule has 1 saturated heterocycles. The van der Waals surface area contributed by atoms with Gasteiger partial charge in [0.25, 0.3) is 0 Å². The summed E-state index contributed by atoms with van der Waals surface area (Å²) in [6.07, 6.45) is 0. The van der Waals surface area contributed by atoms with Crippen molar-refractivity contribution in [3.63, 3.8) is 0 Å². The summed E-state index contributed by atoms with van der Waals surface area (Å²) in [5.74, 6) is 0.546. The number of rotatable bonds is 1. The standard InChI is InChI=1S/C9H10BrNO/c10-8-1-6(2-9(11)3-8)7-4-12-5-7/h1-3,7H,4-5,11H2.